The molecule has 0 aliphatic heterocycles. The largest absolute Gasteiger partial charge is 0.424 e. The van der Waals surface area contributed by atoms with Crippen LogP contribution >= 0.6 is 11.6 Å². The summed E-state index contributed by atoms with van der Waals surface area (Å²) in [5.74, 6) is -0.241. The second-order valence-electron chi connectivity index (χ2n) is 7.97. The number of ketones is 1. The summed E-state index contributed by atoms with van der Waals surface area (Å²) in [7, 11) is 0. The quantitative estimate of drug-likeness (QED) is 0.175. The fourth-order valence-electron chi connectivity index (χ4n) is 3.73. The number of aryl methyl sites for hydroxylation is 1. The molecule has 1 aromatic heterocycles. The number of hydrogen-bond donors (Lipinski definition) is 0. The number of hydrogen-bond acceptors (Lipinski definition) is 5. The van der Waals surface area contributed by atoms with E-state index >= 15 is 0 Å². The summed E-state index contributed by atoms with van der Waals surface area (Å²) in [5.41, 5.74) is 3.49. The van der Waals surface area contributed by atoms with Crippen LogP contribution in [0.5, 0.6) is 5.75 Å². The Labute approximate surface area is 203 Å². The van der Waals surface area contributed by atoms with Gasteiger partial charge in [-0.3, -0.25) is 9.59 Å². The third-order valence-corrected chi connectivity index (χ3v) is 5.68. The van der Waals surface area contributed by atoms with E-state index in [1.807, 2.05) is 60.7 Å². The first kappa shape index (κ1) is 23.6. The molecule has 0 saturated carbocycles. The van der Waals surface area contributed by atoms with Gasteiger partial charge in [0, 0.05) is 28.3 Å². The number of halogens is 1. The van der Waals surface area contributed by atoms with E-state index in [0.29, 0.717) is 46.7 Å². The molecular formula is C28H24ClNO4. The first-order valence-electron chi connectivity index (χ1n) is 11.0. The van der Waals surface area contributed by atoms with Crippen molar-refractivity contribution in [2.24, 2.45) is 0 Å². The van der Waals surface area contributed by atoms with Crippen molar-refractivity contribution in [1.29, 1.82) is 0 Å². The smallest absolute Gasteiger partial charge is 0.308 e. The maximum absolute atomic E-state index is 13.3. The Hall–Kier alpha value is -3.54. The summed E-state index contributed by atoms with van der Waals surface area (Å²) >= 11 is 5.91. The number of carbonyl (C=O) groups excluding carboxylic acids is 2. The molecular weight excluding hydrogens is 450 g/mol. The van der Waals surface area contributed by atoms with Gasteiger partial charge in [-0.05, 0) is 36.6 Å². The number of carbonyl (C=O) groups is 2. The molecule has 0 N–H and O–H groups in total. The van der Waals surface area contributed by atoms with Crippen LogP contribution in [0.2, 0.25) is 5.02 Å². The second-order valence-corrected chi connectivity index (χ2v) is 8.41. The Morgan fingerprint density at radius 3 is 2.21 bits per heavy atom. The number of esters is 1. The Bertz CT molecular complexity index is 1330. The lowest BCUT2D eigenvalue weighted by Crippen LogP contribution is -2.10. The molecule has 0 aliphatic carbocycles. The van der Waals surface area contributed by atoms with Gasteiger partial charge in [-0.15, -0.1) is 0 Å². The third-order valence-electron chi connectivity index (χ3n) is 5.43. The van der Waals surface area contributed by atoms with Crippen LogP contribution in [-0.4, -0.2) is 23.3 Å². The predicted octanol–water partition coefficient (Wildman–Crippen LogP) is 6.11. The fourth-order valence-corrected chi connectivity index (χ4v) is 3.85. The van der Waals surface area contributed by atoms with Gasteiger partial charge in [-0.2, -0.15) is 0 Å². The van der Waals surface area contributed by atoms with E-state index < -0.39 is 5.97 Å². The fraction of sp³-hybridized carbons (Fsp3) is 0.179. The Morgan fingerprint density at radius 2 is 1.53 bits per heavy atom. The third kappa shape index (κ3) is 5.50. The number of rotatable bonds is 8. The number of nitrogens with zero attached hydrogens (tertiary/aromatic N) is 1. The lowest BCUT2D eigenvalue weighted by atomic mass is 10.00. The van der Waals surface area contributed by atoms with Gasteiger partial charge in [0.25, 0.3) is 0 Å². The standard InChI is InChI=1S/C28H24ClNO4/c1-18-28(34-19(2)31)25-6-4-3-5-24(25)26(30-18)27(32)22-11-7-21(8-12-22)17-33-16-15-20-9-13-23(29)14-10-20/h3-14H,15-17H2,1-2H3. The molecule has 4 rings (SSSR count). The zero-order valence-corrected chi connectivity index (χ0v) is 19.8. The average molecular weight is 474 g/mol. The summed E-state index contributed by atoms with van der Waals surface area (Å²) in [4.78, 5) is 29.3. The molecule has 0 bridgehead atoms. The SMILES string of the molecule is CC(=O)Oc1c(C)nc(C(=O)c2ccc(COCCc3ccc(Cl)cc3)cc2)c2ccccc12. The maximum Gasteiger partial charge on any atom is 0.308 e. The lowest BCUT2D eigenvalue weighted by Gasteiger charge is -2.13. The van der Waals surface area contributed by atoms with Crippen LogP contribution in [0.4, 0.5) is 0 Å². The van der Waals surface area contributed by atoms with Gasteiger partial charge in [0.15, 0.2) is 5.75 Å². The van der Waals surface area contributed by atoms with Gasteiger partial charge in [0.1, 0.15) is 5.69 Å². The van der Waals surface area contributed by atoms with E-state index in [4.69, 9.17) is 21.1 Å². The Morgan fingerprint density at radius 1 is 0.882 bits per heavy atom. The molecule has 5 nitrogen and oxygen atoms in total. The molecule has 0 aliphatic rings. The van der Waals surface area contributed by atoms with Gasteiger partial charge in [0.05, 0.1) is 18.9 Å². The molecule has 0 fully saturated rings. The molecule has 0 radical (unpaired) electrons. The van der Waals surface area contributed by atoms with E-state index in [2.05, 4.69) is 4.98 Å². The van der Waals surface area contributed by atoms with Crippen molar-refractivity contribution in [3.05, 3.63) is 106 Å². The number of benzene rings is 3. The molecule has 0 unspecified atom stereocenters. The van der Waals surface area contributed by atoms with E-state index in [0.717, 1.165) is 17.0 Å². The number of fused-ring (bicyclic) bond motifs is 1. The molecule has 3 aromatic carbocycles. The monoisotopic (exact) mass is 473 g/mol. The van der Waals surface area contributed by atoms with Gasteiger partial charge >= 0.3 is 5.97 Å². The lowest BCUT2D eigenvalue weighted by molar-refractivity contribution is -0.131. The number of ether oxygens (including phenoxy) is 2. The van der Waals surface area contributed by atoms with Gasteiger partial charge in [-0.25, -0.2) is 4.98 Å². The highest BCUT2D eigenvalue weighted by Gasteiger charge is 2.19. The summed E-state index contributed by atoms with van der Waals surface area (Å²) < 4.78 is 11.1. The molecule has 0 atom stereocenters. The van der Waals surface area contributed by atoms with E-state index in [1.54, 1.807) is 19.1 Å². The van der Waals surface area contributed by atoms with Crippen LogP contribution in [0, 0.1) is 6.92 Å². The van der Waals surface area contributed by atoms with Crippen molar-refractivity contribution < 1.29 is 19.1 Å². The minimum atomic E-state index is -0.430. The highest BCUT2D eigenvalue weighted by Crippen LogP contribution is 2.31. The molecule has 0 amide bonds. The van der Waals surface area contributed by atoms with Crippen molar-refractivity contribution in [1.82, 2.24) is 4.98 Å². The highest BCUT2D eigenvalue weighted by atomic mass is 35.5. The van der Waals surface area contributed by atoms with Crippen molar-refractivity contribution in [3.8, 4) is 5.75 Å². The maximum atomic E-state index is 13.3. The van der Waals surface area contributed by atoms with Gasteiger partial charge < -0.3 is 9.47 Å². The topological polar surface area (TPSA) is 65.5 Å². The number of pyridine rings is 1. The van der Waals surface area contributed by atoms with Gasteiger partial charge in [0.2, 0.25) is 5.78 Å². The van der Waals surface area contributed by atoms with Crippen LogP contribution in [0.25, 0.3) is 10.8 Å². The summed E-state index contributed by atoms with van der Waals surface area (Å²) in [5, 5.41) is 2.04. The van der Waals surface area contributed by atoms with E-state index in [1.165, 1.54) is 12.5 Å². The molecule has 6 heteroatoms. The number of aromatic nitrogens is 1. The van der Waals surface area contributed by atoms with Crippen molar-refractivity contribution >= 4 is 34.1 Å². The van der Waals surface area contributed by atoms with Crippen LogP contribution in [0.15, 0.2) is 72.8 Å². The molecule has 0 spiro atoms. The predicted molar refractivity (Wildman–Crippen MR) is 132 cm³/mol. The molecule has 34 heavy (non-hydrogen) atoms. The van der Waals surface area contributed by atoms with E-state index in [-0.39, 0.29) is 5.78 Å². The second kappa shape index (κ2) is 10.6. The van der Waals surface area contributed by atoms with Crippen molar-refractivity contribution in [2.45, 2.75) is 26.9 Å². The zero-order valence-electron chi connectivity index (χ0n) is 19.0. The summed E-state index contributed by atoms with van der Waals surface area (Å²) in [6.07, 6.45) is 0.801. The van der Waals surface area contributed by atoms with E-state index in [9.17, 15) is 9.59 Å². The minimum Gasteiger partial charge on any atom is -0.424 e. The van der Waals surface area contributed by atoms with Crippen molar-refractivity contribution in [3.63, 3.8) is 0 Å². The van der Waals surface area contributed by atoms with Crippen LogP contribution in [0.1, 0.15) is 39.8 Å². The van der Waals surface area contributed by atoms with Crippen LogP contribution < -0.4 is 4.74 Å². The first-order valence-corrected chi connectivity index (χ1v) is 11.3. The molecule has 1 heterocycles. The molecule has 4 aromatic rings. The van der Waals surface area contributed by atoms with Crippen LogP contribution in [-0.2, 0) is 22.6 Å². The highest BCUT2D eigenvalue weighted by molar-refractivity contribution is 6.30. The van der Waals surface area contributed by atoms with Crippen LogP contribution in [0.3, 0.4) is 0 Å². The summed E-state index contributed by atoms with van der Waals surface area (Å²) in [6.45, 7) is 4.12. The van der Waals surface area contributed by atoms with Crippen molar-refractivity contribution in [2.75, 3.05) is 6.61 Å². The average Bonchev–Trinajstić information content (AvgIpc) is 2.84. The Kier molecular flexibility index (Phi) is 7.36. The van der Waals surface area contributed by atoms with Gasteiger partial charge in [-0.1, -0.05) is 72.3 Å². The normalized spacial score (nSPS) is 10.9. The zero-order chi connectivity index (χ0) is 24.1. The molecule has 0 saturated heterocycles. The first-order chi connectivity index (χ1) is 16.4. The Balaban J connectivity index is 1.46. The summed E-state index contributed by atoms with van der Waals surface area (Å²) in [6, 6.07) is 22.4. The molecule has 172 valence electrons. The minimum absolute atomic E-state index is 0.191.